The van der Waals surface area contributed by atoms with E-state index in [1.807, 2.05) is 0 Å². The second-order valence-electron chi connectivity index (χ2n) is 4.35. The third-order valence-corrected chi connectivity index (χ3v) is 5.11. The monoisotopic (exact) mass is 392 g/mol. The van der Waals surface area contributed by atoms with E-state index < -0.39 is 15.8 Å². The Hall–Kier alpha value is -1.31. The molecule has 0 fully saturated rings. The quantitative estimate of drug-likeness (QED) is 0.776. The molecule has 0 unspecified atom stereocenters. The van der Waals surface area contributed by atoms with Gasteiger partial charge in [0.05, 0.1) is 15.6 Å². The van der Waals surface area contributed by atoms with Gasteiger partial charge in [-0.2, -0.15) is 0 Å². The van der Waals surface area contributed by atoms with Crippen molar-refractivity contribution in [2.75, 3.05) is 10.5 Å². The molecule has 21 heavy (non-hydrogen) atoms. The number of hydrogen-bond acceptors (Lipinski definition) is 3. The molecule has 112 valence electrons. The summed E-state index contributed by atoms with van der Waals surface area (Å²) in [6, 6.07) is 6.45. The minimum absolute atomic E-state index is 0.00490. The Bertz CT molecular complexity index is 812. The predicted molar refractivity (Wildman–Crippen MR) is 85.5 cm³/mol. The summed E-state index contributed by atoms with van der Waals surface area (Å²) in [5.41, 5.74) is 6.45. The summed E-state index contributed by atoms with van der Waals surface area (Å²) in [5, 5.41) is 0.0978. The van der Waals surface area contributed by atoms with E-state index >= 15 is 0 Å². The Balaban J connectivity index is 2.51. The largest absolute Gasteiger partial charge is 0.398 e. The predicted octanol–water partition coefficient (Wildman–Crippen LogP) is 3.93. The van der Waals surface area contributed by atoms with Gasteiger partial charge in [0.25, 0.3) is 10.0 Å². The summed E-state index contributed by atoms with van der Waals surface area (Å²) >= 11 is 9.06. The topological polar surface area (TPSA) is 72.2 Å². The summed E-state index contributed by atoms with van der Waals surface area (Å²) in [6.07, 6.45) is 0. The summed E-state index contributed by atoms with van der Waals surface area (Å²) in [6.45, 7) is 1.59. The number of sulfonamides is 1. The van der Waals surface area contributed by atoms with E-state index in [4.69, 9.17) is 17.3 Å². The minimum Gasteiger partial charge on any atom is -0.398 e. The minimum atomic E-state index is -3.94. The van der Waals surface area contributed by atoms with Crippen LogP contribution in [0.3, 0.4) is 0 Å². The zero-order valence-electron chi connectivity index (χ0n) is 10.8. The van der Waals surface area contributed by atoms with Gasteiger partial charge in [-0.25, -0.2) is 12.8 Å². The van der Waals surface area contributed by atoms with Crippen LogP contribution in [0.2, 0.25) is 5.02 Å². The van der Waals surface area contributed by atoms with Gasteiger partial charge >= 0.3 is 0 Å². The van der Waals surface area contributed by atoms with Gasteiger partial charge in [-0.15, -0.1) is 0 Å². The molecule has 2 rings (SSSR count). The van der Waals surface area contributed by atoms with Gasteiger partial charge < -0.3 is 5.73 Å². The molecule has 0 aliphatic heterocycles. The van der Waals surface area contributed by atoms with Crippen LogP contribution in [0.25, 0.3) is 0 Å². The van der Waals surface area contributed by atoms with E-state index in [0.29, 0.717) is 15.7 Å². The van der Waals surface area contributed by atoms with E-state index in [1.165, 1.54) is 12.1 Å². The highest BCUT2D eigenvalue weighted by molar-refractivity contribution is 9.10. The molecule has 0 amide bonds. The van der Waals surface area contributed by atoms with E-state index in [9.17, 15) is 12.8 Å². The zero-order valence-corrected chi connectivity index (χ0v) is 14.0. The molecular formula is C13H11BrClFN2O2S. The maximum atomic E-state index is 13.2. The fourth-order valence-electron chi connectivity index (χ4n) is 1.73. The first-order chi connectivity index (χ1) is 9.70. The maximum Gasteiger partial charge on any atom is 0.262 e. The number of halogens is 3. The molecular weight excluding hydrogens is 383 g/mol. The molecule has 8 heteroatoms. The number of nitrogens with one attached hydrogen (secondary N) is 1. The molecule has 0 heterocycles. The number of anilines is 2. The summed E-state index contributed by atoms with van der Waals surface area (Å²) in [4.78, 5) is -0.00490. The van der Waals surface area contributed by atoms with Gasteiger partial charge in [0.2, 0.25) is 0 Å². The molecule has 0 aromatic heterocycles. The van der Waals surface area contributed by atoms with Crippen LogP contribution in [-0.4, -0.2) is 8.42 Å². The number of rotatable bonds is 3. The van der Waals surface area contributed by atoms with Crippen molar-refractivity contribution in [3.63, 3.8) is 0 Å². The molecule has 0 saturated heterocycles. The van der Waals surface area contributed by atoms with Crippen molar-refractivity contribution in [1.29, 1.82) is 0 Å². The summed E-state index contributed by atoms with van der Waals surface area (Å²) < 4.78 is 40.8. The highest BCUT2D eigenvalue weighted by Crippen LogP contribution is 2.30. The SMILES string of the molecule is Cc1c(N)cc(Br)cc1S(=O)(=O)Nc1cc(F)ccc1Cl. The zero-order chi connectivity index (χ0) is 15.8. The van der Waals surface area contributed by atoms with Crippen LogP contribution in [0.4, 0.5) is 15.8 Å². The maximum absolute atomic E-state index is 13.2. The van der Waals surface area contributed by atoms with Gasteiger partial charge in [-0.3, -0.25) is 4.72 Å². The average Bonchev–Trinajstić information content (AvgIpc) is 2.37. The first-order valence-corrected chi connectivity index (χ1v) is 8.39. The summed E-state index contributed by atoms with van der Waals surface area (Å²) in [5.74, 6) is -0.595. The molecule has 0 saturated carbocycles. The van der Waals surface area contributed by atoms with Gasteiger partial charge in [0, 0.05) is 10.2 Å². The van der Waals surface area contributed by atoms with Crippen molar-refractivity contribution >= 4 is 48.9 Å². The van der Waals surface area contributed by atoms with Gasteiger partial charge in [-0.05, 0) is 42.8 Å². The molecule has 4 nitrogen and oxygen atoms in total. The average molecular weight is 394 g/mol. The molecule has 0 spiro atoms. The Morgan fingerprint density at radius 1 is 1.29 bits per heavy atom. The molecule has 0 atom stereocenters. The Morgan fingerprint density at radius 3 is 2.62 bits per heavy atom. The highest BCUT2D eigenvalue weighted by atomic mass is 79.9. The first kappa shape index (κ1) is 16.1. The number of nitrogens with two attached hydrogens (primary N) is 1. The lowest BCUT2D eigenvalue weighted by Crippen LogP contribution is -2.15. The van der Waals surface area contributed by atoms with Crippen LogP contribution in [0.15, 0.2) is 39.7 Å². The summed E-state index contributed by atoms with van der Waals surface area (Å²) in [7, 11) is -3.94. The van der Waals surface area contributed by atoms with E-state index in [1.54, 1.807) is 13.0 Å². The standard InChI is InChI=1S/C13H11BrClFN2O2S/c1-7-11(17)4-8(14)5-13(7)21(19,20)18-12-6-9(16)2-3-10(12)15/h2-6,18H,17H2,1H3. The number of benzene rings is 2. The third-order valence-electron chi connectivity index (χ3n) is 2.83. The first-order valence-electron chi connectivity index (χ1n) is 5.74. The van der Waals surface area contributed by atoms with E-state index in [-0.39, 0.29) is 15.6 Å². The lowest BCUT2D eigenvalue weighted by atomic mass is 10.2. The molecule has 2 aromatic rings. The second-order valence-corrected chi connectivity index (χ2v) is 7.32. The van der Waals surface area contributed by atoms with Crippen LogP contribution in [0.5, 0.6) is 0 Å². The van der Waals surface area contributed by atoms with Gasteiger partial charge in [-0.1, -0.05) is 27.5 Å². The molecule has 0 radical (unpaired) electrons. The Morgan fingerprint density at radius 2 is 1.95 bits per heavy atom. The molecule has 2 aromatic carbocycles. The van der Waals surface area contributed by atoms with Crippen molar-refractivity contribution in [3.8, 4) is 0 Å². The van der Waals surface area contributed by atoms with Crippen molar-refractivity contribution < 1.29 is 12.8 Å². The smallest absolute Gasteiger partial charge is 0.262 e. The van der Waals surface area contributed by atoms with E-state index in [0.717, 1.165) is 12.1 Å². The van der Waals surface area contributed by atoms with Crippen molar-refractivity contribution in [3.05, 3.63) is 51.2 Å². The van der Waals surface area contributed by atoms with Crippen LogP contribution in [0.1, 0.15) is 5.56 Å². The molecule has 0 aliphatic carbocycles. The van der Waals surface area contributed by atoms with Crippen LogP contribution in [0, 0.1) is 12.7 Å². The Labute approximate surface area is 135 Å². The highest BCUT2D eigenvalue weighted by Gasteiger charge is 2.20. The molecule has 3 N–H and O–H groups in total. The van der Waals surface area contributed by atoms with Crippen molar-refractivity contribution in [2.24, 2.45) is 0 Å². The fourth-order valence-corrected chi connectivity index (χ4v) is 3.95. The third kappa shape index (κ3) is 3.48. The number of hydrogen-bond donors (Lipinski definition) is 2. The fraction of sp³-hybridized carbons (Fsp3) is 0.0769. The Kier molecular flexibility index (Phi) is 4.46. The van der Waals surface area contributed by atoms with E-state index in [2.05, 4.69) is 20.7 Å². The van der Waals surface area contributed by atoms with Crippen molar-refractivity contribution in [1.82, 2.24) is 0 Å². The second kappa shape index (κ2) is 5.82. The molecule has 0 bridgehead atoms. The molecule has 0 aliphatic rings. The number of nitrogen functional groups attached to an aromatic ring is 1. The lowest BCUT2D eigenvalue weighted by molar-refractivity contribution is 0.600. The van der Waals surface area contributed by atoms with Crippen LogP contribution in [-0.2, 0) is 10.0 Å². The van der Waals surface area contributed by atoms with Crippen LogP contribution < -0.4 is 10.5 Å². The lowest BCUT2D eigenvalue weighted by Gasteiger charge is -2.13. The van der Waals surface area contributed by atoms with Gasteiger partial charge in [0.1, 0.15) is 5.82 Å². The van der Waals surface area contributed by atoms with Crippen LogP contribution >= 0.6 is 27.5 Å². The normalized spacial score (nSPS) is 11.4. The van der Waals surface area contributed by atoms with Gasteiger partial charge in [0.15, 0.2) is 0 Å². The van der Waals surface area contributed by atoms with Crippen molar-refractivity contribution in [2.45, 2.75) is 11.8 Å².